The molecule has 0 aliphatic rings. The van der Waals surface area contributed by atoms with E-state index < -0.39 is 0 Å². The Labute approximate surface area is 74.9 Å². The molecule has 0 aromatic carbocycles. The van der Waals surface area contributed by atoms with Crippen LogP contribution in [0.1, 0.15) is 5.56 Å². The molecule has 2 nitrogen and oxygen atoms in total. The largest absolute Gasteiger partial charge is 0.355 e. The molecule has 1 aromatic rings. The van der Waals surface area contributed by atoms with E-state index in [2.05, 4.69) is 36.8 Å². The minimum Gasteiger partial charge on any atom is -0.355 e. The first kappa shape index (κ1) is 8.01. The summed E-state index contributed by atoms with van der Waals surface area (Å²) in [6, 6.07) is 1.51. The molecule has 1 rings (SSSR count). The second-order valence-corrected chi connectivity index (χ2v) is 3.22. The molecule has 0 bridgehead atoms. The molecule has 0 aliphatic heterocycles. The summed E-state index contributed by atoms with van der Waals surface area (Å²) in [5.41, 5.74) is 0.783. The van der Waals surface area contributed by atoms with Gasteiger partial charge < -0.3 is 4.98 Å². The van der Waals surface area contributed by atoms with Gasteiger partial charge in [-0.2, -0.15) is 0 Å². The van der Waals surface area contributed by atoms with E-state index in [9.17, 15) is 4.79 Å². The molecule has 0 unspecified atom stereocenters. The van der Waals surface area contributed by atoms with Crippen molar-refractivity contribution in [1.29, 1.82) is 0 Å². The molecule has 0 fully saturated rings. The van der Waals surface area contributed by atoms with Gasteiger partial charge in [-0.25, -0.2) is 0 Å². The maximum Gasteiger partial charge on any atom is 0.186 e. The van der Waals surface area contributed by atoms with E-state index in [1.54, 1.807) is 6.20 Å². The summed E-state index contributed by atoms with van der Waals surface area (Å²) in [6.07, 6.45) is 1.68. The number of alkyl halides is 1. The Hall–Kier alpha value is -0.0900. The van der Waals surface area contributed by atoms with E-state index in [0.29, 0.717) is 9.93 Å². The minimum absolute atomic E-state index is 0.0440. The lowest BCUT2D eigenvalue weighted by Gasteiger charge is -1.92. The molecule has 1 heterocycles. The highest BCUT2D eigenvalue weighted by Gasteiger charge is 1.95. The van der Waals surface area contributed by atoms with Crippen molar-refractivity contribution in [1.82, 2.24) is 4.98 Å². The summed E-state index contributed by atoms with van der Waals surface area (Å²) in [5, 5.41) is 0.593. The van der Waals surface area contributed by atoms with Crippen molar-refractivity contribution in [3.63, 3.8) is 0 Å². The summed E-state index contributed by atoms with van der Waals surface area (Å²) < 4.78 is 0.710. The van der Waals surface area contributed by atoms with Gasteiger partial charge in [0.25, 0.3) is 0 Å². The standard InChI is InChI=1S/C6H5Br2NO/c7-2-4-3-9-6(8)1-5(4)10/h1,3H,2H2,(H,9,10). The first-order valence-corrected chi connectivity index (χ1v) is 4.58. The molecule has 1 N–H and O–H groups in total. The van der Waals surface area contributed by atoms with Crippen molar-refractivity contribution in [3.05, 3.63) is 32.7 Å². The summed E-state index contributed by atoms with van der Waals surface area (Å²) in [7, 11) is 0. The van der Waals surface area contributed by atoms with Gasteiger partial charge in [-0.3, -0.25) is 4.79 Å². The van der Waals surface area contributed by atoms with Gasteiger partial charge in [0, 0.05) is 23.2 Å². The first-order valence-electron chi connectivity index (χ1n) is 2.67. The fourth-order valence-corrected chi connectivity index (χ4v) is 1.34. The van der Waals surface area contributed by atoms with Gasteiger partial charge in [0.05, 0.1) is 4.60 Å². The van der Waals surface area contributed by atoms with Crippen LogP contribution in [0, 0.1) is 0 Å². The summed E-state index contributed by atoms with van der Waals surface area (Å²) in [6.45, 7) is 0. The number of rotatable bonds is 1. The van der Waals surface area contributed by atoms with E-state index in [-0.39, 0.29) is 5.43 Å². The van der Waals surface area contributed by atoms with Crippen LogP contribution in [-0.2, 0) is 5.33 Å². The molecule has 54 valence electrons. The highest BCUT2D eigenvalue weighted by molar-refractivity contribution is 9.10. The van der Waals surface area contributed by atoms with Crippen molar-refractivity contribution < 1.29 is 0 Å². The smallest absolute Gasteiger partial charge is 0.186 e. The highest BCUT2D eigenvalue weighted by Crippen LogP contribution is 2.03. The van der Waals surface area contributed by atoms with E-state index in [1.165, 1.54) is 6.07 Å². The number of aromatic nitrogens is 1. The lowest BCUT2D eigenvalue weighted by molar-refractivity contribution is 1.19. The zero-order chi connectivity index (χ0) is 7.56. The number of H-pyrrole nitrogens is 1. The number of aromatic amines is 1. The second-order valence-electron chi connectivity index (χ2n) is 1.80. The Morgan fingerprint density at radius 1 is 1.60 bits per heavy atom. The number of hydrogen-bond acceptors (Lipinski definition) is 1. The third kappa shape index (κ3) is 1.70. The predicted molar refractivity (Wildman–Crippen MR) is 47.4 cm³/mol. The Kier molecular flexibility index (Phi) is 2.68. The van der Waals surface area contributed by atoms with E-state index in [4.69, 9.17) is 0 Å². The van der Waals surface area contributed by atoms with Gasteiger partial charge in [-0.15, -0.1) is 0 Å². The third-order valence-electron chi connectivity index (χ3n) is 1.10. The van der Waals surface area contributed by atoms with E-state index in [1.807, 2.05) is 0 Å². The van der Waals surface area contributed by atoms with E-state index >= 15 is 0 Å². The topological polar surface area (TPSA) is 32.9 Å². The molecule has 0 spiro atoms. The van der Waals surface area contributed by atoms with Crippen molar-refractivity contribution >= 4 is 31.9 Å². The number of pyridine rings is 1. The number of halogens is 2. The lowest BCUT2D eigenvalue weighted by Crippen LogP contribution is -2.05. The maximum absolute atomic E-state index is 11.0. The van der Waals surface area contributed by atoms with Crippen LogP contribution in [-0.4, -0.2) is 4.98 Å². The second kappa shape index (κ2) is 3.34. The summed E-state index contributed by atoms with van der Waals surface area (Å²) >= 11 is 6.35. The monoisotopic (exact) mass is 265 g/mol. The molecule has 0 aliphatic carbocycles. The van der Waals surface area contributed by atoms with Crippen LogP contribution >= 0.6 is 31.9 Å². The average molecular weight is 267 g/mol. The van der Waals surface area contributed by atoms with Crippen molar-refractivity contribution in [3.8, 4) is 0 Å². The number of nitrogens with one attached hydrogen (secondary N) is 1. The average Bonchev–Trinajstić information content (AvgIpc) is 1.88. The highest BCUT2D eigenvalue weighted by atomic mass is 79.9. The molecule has 10 heavy (non-hydrogen) atoms. The van der Waals surface area contributed by atoms with Crippen LogP contribution in [0.4, 0.5) is 0 Å². The predicted octanol–water partition coefficient (Wildman–Crippen LogP) is 2.03. The first-order chi connectivity index (χ1) is 4.74. The SMILES string of the molecule is O=c1cc(Br)[nH]cc1CBr. The van der Waals surface area contributed by atoms with Gasteiger partial charge >= 0.3 is 0 Å². The van der Waals surface area contributed by atoms with Crippen LogP contribution in [0.15, 0.2) is 21.7 Å². The molecular formula is C6H5Br2NO. The van der Waals surface area contributed by atoms with Crippen LogP contribution in [0.3, 0.4) is 0 Å². The molecule has 1 aromatic heterocycles. The number of hydrogen-bond donors (Lipinski definition) is 1. The summed E-state index contributed by atoms with van der Waals surface area (Å²) in [5.74, 6) is 0. The quantitative estimate of drug-likeness (QED) is 0.612. The van der Waals surface area contributed by atoms with Crippen LogP contribution in [0.25, 0.3) is 0 Å². The Bertz CT molecular complexity index is 281. The van der Waals surface area contributed by atoms with Gasteiger partial charge in [0.1, 0.15) is 0 Å². The molecule has 4 heteroatoms. The van der Waals surface area contributed by atoms with Crippen LogP contribution in [0.5, 0.6) is 0 Å². The van der Waals surface area contributed by atoms with Gasteiger partial charge in [0.15, 0.2) is 5.43 Å². The van der Waals surface area contributed by atoms with Crippen molar-refractivity contribution in [2.24, 2.45) is 0 Å². The zero-order valence-electron chi connectivity index (χ0n) is 5.03. The molecule has 0 saturated heterocycles. The van der Waals surface area contributed by atoms with E-state index in [0.717, 1.165) is 5.56 Å². The molecular weight excluding hydrogens is 262 g/mol. The van der Waals surface area contributed by atoms with Crippen LogP contribution in [0.2, 0.25) is 0 Å². The lowest BCUT2D eigenvalue weighted by atomic mass is 10.3. The molecule has 0 atom stereocenters. The van der Waals surface area contributed by atoms with Gasteiger partial charge in [-0.05, 0) is 15.9 Å². The summed E-state index contributed by atoms with van der Waals surface area (Å²) in [4.78, 5) is 13.9. The van der Waals surface area contributed by atoms with Gasteiger partial charge in [-0.1, -0.05) is 15.9 Å². The molecule has 0 radical (unpaired) electrons. The Morgan fingerprint density at radius 2 is 2.30 bits per heavy atom. The third-order valence-corrected chi connectivity index (χ3v) is 2.16. The fourth-order valence-electron chi connectivity index (χ4n) is 0.581. The Balaban J connectivity index is 3.20. The normalized spacial score (nSPS) is 9.80. The Morgan fingerprint density at radius 3 is 2.80 bits per heavy atom. The van der Waals surface area contributed by atoms with Crippen molar-refractivity contribution in [2.75, 3.05) is 0 Å². The minimum atomic E-state index is 0.0440. The molecule has 0 saturated carbocycles. The molecule has 0 amide bonds. The van der Waals surface area contributed by atoms with Crippen LogP contribution < -0.4 is 5.43 Å². The van der Waals surface area contributed by atoms with Crippen molar-refractivity contribution in [2.45, 2.75) is 5.33 Å². The maximum atomic E-state index is 11.0. The zero-order valence-corrected chi connectivity index (χ0v) is 8.20. The fraction of sp³-hybridized carbons (Fsp3) is 0.167. The van der Waals surface area contributed by atoms with Gasteiger partial charge in [0.2, 0.25) is 0 Å².